The molecule has 1 nitrogen and oxygen atoms in total. The summed E-state index contributed by atoms with van der Waals surface area (Å²) in [6.07, 6.45) is 0. The van der Waals surface area contributed by atoms with Crippen molar-refractivity contribution in [1.29, 1.82) is 0 Å². The van der Waals surface area contributed by atoms with Crippen LogP contribution in [-0.4, -0.2) is 0 Å². The van der Waals surface area contributed by atoms with Crippen molar-refractivity contribution >= 4 is 21.6 Å². The standard InChI is InChI=1S/C17H20BrN/c1-11-5-12(2)7-15(6-11)10-19-17-13(3)8-16(18)9-14(17)4/h5-9,19H,10H2,1-4H3. The molecule has 0 radical (unpaired) electrons. The van der Waals surface area contributed by atoms with Crippen LogP contribution in [0.15, 0.2) is 34.8 Å². The monoisotopic (exact) mass is 317 g/mol. The van der Waals surface area contributed by atoms with Gasteiger partial charge in [-0.1, -0.05) is 45.3 Å². The van der Waals surface area contributed by atoms with E-state index in [1.165, 1.54) is 33.5 Å². The van der Waals surface area contributed by atoms with Crippen molar-refractivity contribution in [3.05, 3.63) is 62.6 Å². The molecule has 19 heavy (non-hydrogen) atoms. The molecule has 0 bridgehead atoms. The number of halogens is 1. The lowest BCUT2D eigenvalue weighted by Gasteiger charge is -2.14. The van der Waals surface area contributed by atoms with Crippen molar-refractivity contribution < 1.29 is 0 Å². The third kappa shape index (κ3) is 3.60. The molecular formula is C17H20BrN. The van der Waals surface area contributed by atoms with Crippen molar-refractivity contribution in [3.63, 3.8) is 0 Å². The first kappa shape index (κ1) is 14.1. The van der Waals surface area contributed by atoms with E-state index < -0.39 is 0 Å². The maximum Gasteiger partial charge on any atom is 0.0403 e. The van der Waals surface area contributed by atoms with Crippen LogP contribution in [0.5, 0.6) is 0 Å². The maximum atomic E-state index is 3.56. The SMILES string of the molecule is Cc1cc(C)cc(CNc2c(C)cc(Br)cc2C)c1. The lowest BCUT2D eigenvalue weighted by Crippen LogP contribution is -2.03. The highest BCUT2D eigenvalue weighted by Gasteiger charge is 2.04. The third-order valence-electron chi connectivity index (χ3n) is 3.25. The molecule has 2 aromatic carbocycles. The van der Waals surface area contributed by atoms with Gasteiger partial charge in [-0.3, -0.25) is 0 Å². The predicted molar refractivity (Wildman–Crippen MR) is 86.9 cm³/mol. The predicted octanol–water partition coefficient (Wildman–Crippen LogP) is 5.29. The second-order valence-corrected chi connectivity index (χ2v) is 6.18. The van der Waals surface area contributed by atoms with E-state index in [-0.39, 0.29) is 0 Å². The fourth-order valence-corrected chi connectivity index (χ4v) is 3.24. The normalized spacial score (nSPS) is 10.6. The summed E-state index contributed by atoms with van der Waals surface area (Å²) in [6, 6.07) is 11.0. The molecule has 0 atom stereocenters. The van der Waals surface area contributed by atoms with Crippen molar-refractivity contribution in [1.82, 2.24) is 0 Å². The lowest BCUT2D eigenvalue weighted by atomic mass is 10.1. The van der Waals surface area contributed by atoms with E-state index in [2.05, 4.69) is 79.3 Å². The Kier molecular flexibility index (Phi) is 4.31. The van der Waals surface area contributed by atoms with Crippen LogP contribution in [0.25, 0.3) is 0 Å². The van der Waals surface area contributed by atoms with Gasteiger partial charge >= 0.3 is 0 Å². The molecule has 100 valence electrons. The van der Waals surface area contributed by atoms with E-state index in [0.29, 0.717) is 0 Å². The molecule has 0 unspecified atom stereocenters. The molecular weight excluding hydrogens is 298 g/mol. The number of aryl methyl sites for hydroxylation is 4. The van der Waals surface area contributed by atoms with E-state index in [0.717, 1.165) is 11.0 Å². The van der Waals surface area contributed by atoms with E-state index in [9.17, 15) is 0 Å². The van der Waals surface area contributed by atoms with E-state index in [4.69, 9.17) is 0 Å². The van der Waals surface area contributed by atoms with Gasteiger partial charge in [0.2, 0.25) is 0 Å². The number of nitrogens with one attached hydrogen (secondary N) is 1. The fourth-order valence-electron chi connectivity index (χ4n) is 2.55. The van der Waals surface area contributed by atoms with Crippen molar-refractivity contribution in [3.8, 4) is 0 Å². The second kappa shape index (κ2) is 5.79. The summed E-state index contributed by atoms with van der Waals surface area (Å²) in [5.41, 5.74) is 7.76. The molecule has 2 rings (SSSR count). The molecule has 0 fully saturated rings. The summed E-state index contributed by atoms with van der Waals surface area (Å²) < 4.78 is 1.14. The molecule has 2 aromatic rings. The Balaban J connectivity index is 2.19. The largest absolute Gasteiger partial charge is 0.381 e. The van der Waals surface area contributed by atoms with Gasteiger partial charge in [-0.15, -0.1) is 0 Å². The third-order valence-corrected chi connectivity index (χ3v) is 3.71. The first-order valence-electron chi connectivity index (χ1n) is 6.53. The van der Waals surface area contributed by atoms with Gasteiger partial charge in [0.05, 0.1) is 0 Å². The Bertz CT molecular complexity index is 559. The minimum absolute atomic E-state index is 0.867. The van der Waals surface area contributed by atoms with E-state index in [1.54, 1.807) is 0 Å². The number of anilines is 1. The first-order chi connectivity index (χ1) is 8.95. The van der Waals surface area contributed by atoms with Crippen LogP contribution in [0, 0.1) is 27.7 Å². The summed E-state index contributed by atoms with van der Waals surface area (Å²) >= 11 is 3.53. The van der Waals surface area contributed by atoms with E-state index >= 15 is 0 Å². The van der Waals surface area contributed by atoms with Gasteiger partial charge in [0.1, 0.15) is 0 Å². The van der Waals surface area contributed by atoms with Gasteiger partial charge in [0.25, 0.3) is 0 Å². The van der Waals surface area contributed by atoms with Gasteiger partial charge < -0.3 is 5.32 Å². The zero-order valence-electron chi connectivity index (χ0n) is 12.0. The van der Waals surface area contributed by atoms with Crippen LogP contribution in [0.2, 0.25) is 0 Å². The molecule has 0 aliphatic carbocycles. The molecule has 0 amide bonds. The Morgan fingerprint density at radius 2 is 1.37 bits per heavy atom. The average Bonchev–Trinajstić information content (AvgIpc) is 2.25. The van der Waals surface area contributed by atoms with Crippen LogP contribution >= 0.6 is 15.9 Å². The Morgan fingerprint density at radius 3 is 1.89 bits per heavy atom. The lowest BCUT2D eigenvalue weighted by molar-refractivity contribution is 1.11. The summed E-state index contributed by atoms with van der Waals surface area (Å²) in [5, 5.41) is 3.56. The number of benzene rings is 2. The van der Waals surface area contributed by atoms with Gasteiger partial charge in [-0.25, -0.2) is 0 Å². The quantitative estimate of drug-likeness (QED) is 0.810. The number of rotatable bonds is 3. The van der Waals surface area contributed by atoms with Crippen LogP contribution in [-0.2, 0) is 6.54 Å². The summed E-state index contributed by atoms with van der Waals surface area (Å²) in [7, 11) is 0. The zero-order chi connectivity index (χ0) is 14.0. The summed E-state index contributed by atoms with van der Waals surface area (Å²) in [6.45, 7) is 9.44. The van der Waals surface area contributed by atoms with Crippen molar-refractivity contribution in [2.24, 2.45) is 0 Å². The Hall–Kier alpha value is -1.28. The molecule has 2 heteroatoms. The Morgan fingerprint density at radius 1 is 0.842 bits per heavy atom. The van der Waals surface area contributed by atoms with Crippen LogP contribution in [0.4, 0.5) is 5.69 Å². The first-order valence-corrected chi connectivity index (χ1v) is 7.33. The number of hydrogen-bond donors (Lipinski definition) is 1. The zero-order valence-corrected chi connectivity index (χ0v) is 13.6. The molecule has 0 aliphatic heterocycles. The van der Waals surface area contributed by atoms with Crippen LogP contribution in [0.1, 0.15) is 27.8 Å². The molecule has 0 aromatic heterocycles. The average molecular weight is 318 g/mol. The minimum atomic E-state index is 0.867. The molecule has 0 spiro atoms. The maximum absolute atomic E-state index is 3.56. The highest BCUT2D eigenvalue weighted by atomic mass is 79.9. The van der Waals surface area contributed by atoms with Crippen molar-refractivity contribution in [2.75, 3.05) is 5.32 Å². The number of hydrogen-bond acceptors (Lipinski definition) is 1. The Labute approximate surface area is 124 Å². The highest BCUT2D eigenvalue weighted by Crippen LogP contribution is 2.25. The molecule has 0 heterocycles. The van der Waals surface area contributed by atoms with Gasteiger partial charge in [-0.05, 0) is 56.5 Å². The smallest absolute Gasteiger partial charge is 0.0403 e. The van der Waals surface area contributed by atoms with Crippen LogP contribution < -0.4 is 5.32 Å². The van der Waals surface area contributed by atoms with Gasteiger partial charge in [-0.2, -0.15) is 0 Å². The van der Waals surface area contributed by atoms with E-state index in [1.807, 2.05) is 0 Å². The second-order valence-electron chi connectivity index (χ2n) is 5.26. The molecule has 0 saturated carbocycles. The van der Waals surface area contributed by atoms with Crippen molar-refractivity contribution in [2.45, 2.75) is 34.2 Å². The fraction of sp³-hybridized carbons (Fsp3) is 0.294. The topological polar surface area (TPSA) is 12.0 Å². The minimum Gasteiger partial charge on any atom is -0.381 e. The molecule has 0 saturated heterocycles. The summed E-state index contributed by atoms with van der Waals surface area (Å²) in [4.78, 5) is 0. The summed E-state index contributed by atoms with van der Waals surface area (Å²) in [5.74, 6) is 0. The molecule has 0 aliphatic rings. The van der Waals surface area contributed by atoms with Gasteiger partial charge in [0, 0.05) is 16.7 Å². The van der Waals surface area contributed by atoms with Gasteiger partial charge in [0.15, 0.2) is 0 Å². The highest BCUT2D eigenvalue weighted by molar-refractivity contribution is 9.10. The van der Waals surface area contributed by atoms with Crippen LogP contribution in [0.3, 0.4) is 0 Å². The molecule has 1 N–H and O–H groups in total.